The SMILES string of the molecule is CC.CCc1ccc(S)cc1.COC=O. The van der Waals surface area contributed by atoms with E-state index in [2.05, 4.69) is 36.4 Å². The number of thiol groups is 1. The molecule has 0 N–H and O–H groups in total. The average Bonchev–Trinajstić information content (AvgIpc) is 2.33. The van der Waals surface area contributed by atoms with Crippen LogP contribution in [0.2, 0.25) is 0 Å². The number of hydrogen-bond acceptors (Lipinski definition) is 3. The predicted molar refractivity (Wildman–Crippen MR) is 67.5 cm³/mol. The van der Waals surface area contributed by atoms with Gasteiger partial charge in [-0.05, 0) is 24.1 Å². The lowest BCUT2D eigenvalue weighted by molar-refractivity contribution is -0.126. The van der Waals surface area contributed by atoms with Crippen molar-refractivity contribution in [2.45, 2.75) is 32.1 Å². The van der Waals surface area contributed by atoms with E-state index in [4.69, 9.17) is 4.79 Å². The number of carbonyl (C=O) groups excluding carboxylic acids is 1. The molecule has 0 aliphatic carbocycles. The Bertz CT molecular complexity index is 232. The summed E-state index contributed by atoms with van der Waals surface area (Å²) in [4.78, 5) is 9.99. The Morgan fingerprint density at radius 2 is 1.67 bits per heavy atom. The van der Waals surface area contributed by atoms with E-state index >= 15 is 0 Å². The van der Waals surface area contributed by atoms with Crippen LogP contribution >= 0.6 is 12.6 Å². The second-order valence-corrected chi connectivity index (χ2v) is 2.87. The molecule has 0 aliphatic rings. The fourth-order valence-electron chi connectivity index (χ4n) is 0.732. The second-order valence-electron chi connectivity index (χ2n) is 2.35. The first-order valence-corrected chi connectivity index (χ1v) is 5.43. The summed E-state index contributed by atoms with van der Waals surface area (Å²) in [5.74, 6) is 0. The van der Waals surface area contributed by atoms with Crippen molar-refractivity contribution in [1.82, 2.24) is 0 Å². The maximum atomic E-state index is 8.95. The maximum Gasteiger partial charge on any atom is 0.292 e. The van der Waals surface area contributed by atoms with Crippen molar-refractivity contribution in [2.75, 3.05) is 7.11 Å². The van der Waals surface area contributed by atoms with Gasteiger partial charge in [-0.2, -0.15) is 0 Å². The molecule has 0 saturated carbocycles. The highest BCUT2D eigenvalue weighted by molar-refractivity contribution is 7.80. The van der Waals surface area contributed by atoms with Crippen molar-refractivity contribution < 1.29 is 9.53 Å². The lowest BCUT2D eigenvalue weighted by Gasteiger charge is -1.93. The van der Waals surface area contributed by atoms with Crippen LogP contribution < -0.4 is 0 Å². The van der Waals surface area contributed by atoms with Crippen LogP contribution in [0.1, 0.15) is 26.3 Å². The van der Waals surface area contributed by atoms with Gasteiger partial charge in [0.05, 0.1) is 7.11 Å². The smallest absolute Gasteiger partial charge is 0.292 e. The summed E-state index contributed by atoms with van der Waals surface area (Å²) in [6.07, 6.45) is 1.11. The van der Waals surface area contributed by atoms with Gasteiger partial charge >= 0.3 is 0 Å². The number of aryl methyl sites for hydroxylation is 1. The lowest BCUT2D eigenvalue weighted by Crippen LogP contribution is -1.76. The largest absolute Gasteiger partial charge is 0.471 e. The van der Waals surface area contributed by atoms with Gasteiger partial charge in [0.15, 0.2) is 0 Å². The Morgan fingerprint density at radius 3 is 1.93 bits per heavy atom. The number of hydrogen-bond donors (Lipinski definition) is 1. The minimum Gasteiger partial charge on any atom is -0.471 e. The fraction of sp³-hybridized carbons (Fsp3) is 0.417. The Labute approximate surface area is 98.1 Å². The molecule has 0 aromatic heterocycles. The molecule has 0 heterocycles. The average molecular weight is 228 g/mol. The van der Waals surface area contributed by atoms with Gasteiger partial charge in [-0.25, -0.2) is 0 Å². The van der Waals surface area contributed by atoms with Gasteiger partial charge in [-0.1, -0.05) is 32.9 Å². The Balaban J connectivity index is 0. The van der Waals surface area contributed by atoms with E-state index < -0.39 is 0 Å². The molecular weight excluding hydrogens is 208 g/mol. The Kier molecular flexibility index (Phi) is 14.3. The number of methoxy groups -OCH3 is 1. The molecule has 0 spiro atoms. The molecule has 3 heteroatoms. The molecule has 0 saturated heterocycles. The van der Waals surface area contributed by atoms with Crippen LogP contribution in [0.5, 0.6) is 0 Å². The number of ether oxygens (including phenoxy) is 1. The van der Waals surface area contributed by atoms with Gasteiger partial charge in [0.25, 0.3) is 6.47 Å². The molecule has 1 rings (SSSR count). The van der Waals surface area contributed by atoms with E-state index in [1.807, 2.05) is 26.0 Å². The van der Waals surface area contributed by atoms with E-state index in [9.17, 15) is 0 Å². The van der Waals surface area contributed by atoms with Crippen LogP contribution in [0.25, 0.3) is 0 Å². The number of rotatable bonds is 2. The van der Waals surface area contributed by atoms with E-state index in [-0.39, 0.29) is 0 Å². The highest BCUT2D eigenvalue weighted by atomic mass is 32.1. The summed E-state index contributed by atoms with van der Waals surface area (Å²) in [6, 6.07) is 8.23. The lowest BCUT2D eigenvalue weighted by atomic mass is 10.2. The van der Waals surface area contributed by atoms with Gasteiger partial charge in [0.2, 0.25) is 0 Å². The highest BCUT2D eigenvalue weighted by Gasteiger charge is 1.85. The molecule has 1 aromatic rings. The van der Waals surface area contributed by atoms with Crippen LogP contribution in [0.3, 0.4) is 0 Å². The van der Waals surface area contributed by atoms with Gasteiger partial charge < -0.3 is 4.74 Å². The molecule has 2 nitrogen and oxygen atoms in total. The molecule has 86 valence electrons. The molecule has 0 atom stereocenters. The van der Waals surface area contributed by atoms with Crippen LogP contribution in [0.4, 0.5) is 0 Å². The molecular formula is C12H20O2S. The first kappa shape index (κ1) is 16.5. The third kappa shape index (κ3) is 11.0. The van der Waals surface area contributed by atoms with Crippen molar-refractivity contribution in [3.63, 3.8) is 0 Å². The molecule has 1 aromatic carbocycles. The molecule has 0 aliphatic heterocycles. The monoisotopic (exact) mass is 228 g/mol. The zero-order chi connectivity index (χ0) is 12.1. The molecule has 15 heavy (non-hydrogen) atoms. The standard InChI is InChI=1S/C8H10S.C2H4O2.C2H6/c1-2-7-3-5-8(9)6-4-7;1-4-2-3;1-2/h3-6,9H,2H2,1H3;2H,1H3;1-2H3. The minimum absolute atomic E-state index is 0.375. The van der Waals surface area contributed by atoms with Gasteiger partial charge in [0.1, 0.15) is 0 Å². The summed E-state index contributed by atoms with van der Waals surface area (Å²) in [5.41, 5.74) is 1.37. The van der Waals surface area contributed by atoms with Crippen LogP contribution in [0, 0.1) is 0 Å². The molecule has 0 unspecified atom stereocenters. The molecule has 0 radical (unpaired) electrons. The predicted octanol–water partition coefficient (Wildman–Crippen LogP) is 3.35. The topological polar surface area (TPSA) is 26.3 Å². The quantitative estimate of drug-likeness (QED) is 0.620. The summed E-state index contributed by atoms with van der Waals surface area (Å²) < 4.78 is 3.86. The third-order valence-corrected chi connectivity index (χ3v) is 1.74. The summed E-state index contributed by atoms with van der Waals surface area (Å²) in [5, 5.41) is 0. The second kappa shape index (κ2) is 13.0. The first-order chi connectivity index (χ1) is 7.24. The van der Waals surface area contributed by atoms with E-state index in [0.29, 0.717) is 6.47 Å². The van der Waals surface area contributed by atoms with Crippen LogP contribution in [0.15, 0.2) is 29.2 Å². The summed E-state index contributed by atoms with van der Waals surface area (Å²) >= 11 is 4.17. The van der Waals surface area contributed by atoms with Gasteiger partial charge in [-0.3, -0.25) is 4.79 Å². The fourth-order valence-corrected chi connectivity index (χ4v) is 0.881. The first-order valence-electron chi connectivity index (χ1n) is 4.99. The van der Waals surface area contributed by atoms with Crippen molar-refractivity contribution >= 4 is 19.1 Å². The summed E-state index contributed by atoms with van der Waals surface area (Å²) in [7, 11) is 1.31. The maximum absolute atomic E-state index is 8.95. The normalized spacial score (nSPS) is 7.53. The number of carbonyl (C=O) groups is 1. The van der Waals surface area contributed by atoms with E-state index in [1.54, 1.807) is 0 Å². The third-order valence-electron chi connectivity index (χ3n) is 1.44. The Hall–Kier alpha value is -0.960. The molecule has 0 bridgehead atoms. The zero-order valence-electron chi connectivity index (χ0n) is 9.86. The van der Waals surface area contributed by atoms with Crippen LogP contribution in [-0.4, -0.2) is 13.6 Å². The highest BCUT2D eigenvalue weighted by Crippen LogP contribution is 2.07. The van der Waals surface area contributed by atoms with Crippen molar-refractivity contribution in [3.05, 3.63) is 29.8 Å². The van der Waals surface area contributed by atoms with Gasteiger partial charge in [0, 0.05) is 4.90 Å². The molecule has 0 fully saturated rings. The van der Waals surface area contributed by atoms with Crippen molar-refractivity contribution in [3.8, 4) is 0 Å². The van der Waals surface area contributed by atoms with E-state index in [1.165, 1.54) is 12.7 Å². The zero-order valence-corrected chi connectivity index (χ0v) is 10.8. The van der Waals surface area contributed by atoms with Crippen molar-refractivity contribution in [1.29, 1.82) is 0 Å². The summed E-state index contributed by atoms with van der Waals surface area (Å²) in [6.45, 7) is 6.52. The van der Waals surface area contributed by atoms with Crippen LogP contribution in [-0.2, 0) is 16.0 Å². The number of benzene rings is 1. The minimum atomic E-state index is 0.375. The molecule has 0 amide bonds. The Morgan fingerprint density at radius 1 is 1.27 bits per heavy atom. The van der Waals surface area contributed by atoms with E-state index in [0.717, 1.165) is 11.3 Å². The van der Waals surface area contributed by atoms with Gasteiger partial charge in [-0.15, -0.1) is 12.6 Å². The van der Waals surface area contributed by atoms with Crippen molar-refractivity contribution in [2.24, 2.45) is 0 Å².